The largest absolute Gasteiger partial charge is 0.314 e. The van der Waals surface area contributed by atoms with Crippen molar-refractivity contribution in [1.29, 1.82) is 0 Å². The van der Waals surface area contributed by atoms with Gasteiger partial charge in [0.2, 0.25) is 0 Å². The first-order valence-electron chi connectivity index (χ1n) is 4.55. The average Bonchev–Trinajstić information content (AvgIpc) is 2.70. The van der Waals surface area contributed by atoms with Gasteiger partial charge in [-0.2, -0.15) is 0 Å². The van der Waals surface area contributed by atoms with Crippen molar-refractivity contribution in [2.45, 2.75) is 13.5 Å². The summed E-state index contributed by atoms with van der Waals surface area (Å²) >= 11 is 5.69. The zero-order chi connectivity index (χ0) is 10.8. The molecule has 0 atom stereocenters. The topological polar surface area (TPSA) is 30.7 Å². The smallest absolute Gasteiger partial charge is 0.163 e. The van der Waals surface area contributed by atoms with Gasteiger partial charge >= 0.3 is 0 Å². The second kappa shape index (κ2) is 3.98. The van der Waals surface area contributed by atoms with Crippen molar-refractivity contribution in [3.05, 3.63) is 35.4 Å². The molecule has 5 heteroatoms. The van der Waals surface area contributed by atoms with Crippen LogP contribution in [0.2, 0.25) is 5.02 Å². The summed E-state index contributed by atoms with van der Waals surface area (Å²) in [5, 5.41) is 7.85. The molecule has 0 unspecified atom stereocenters. The summed E-state index contributed by atoms with van der Waals surface area (Å²) in [4.78, 5) is 0. The van der Waals surface area contributed by atoms with E-state index in [1.807, 2.05) is 11.5 Å². The van der Waals surface area contributed by atoms with Crippen LogP contribution in [0.25, 0.3) is 11.4 Å². The number of hydrogen-bond donors (Lipinski definition) is 0. The fourth-order valence-electron chi connectivity index (χ4n) is 1.35. The first-order valence-corrected chi connectivity index (χ1v) is 4.93. The van der Waals surface area contributed by atoms with Gasteiger partial charge in [0.15, 0.2) is 5.82 Å². The number of aromatic nitrogens is 3. The van der Waals surface area contributed by atoms with E-state index in [9.17, 15) is 4.39 Å². The lowest BCUT2D eigenvalue weighted by molar-refractivity contribution is 0.628. The van der Waals surface area contributed by atoms with E-state index in [0.717, 1.165) is 12.1 Å². The average molecular weight is 226 g/mol. The van der Waals surface area contributed by atoms with Crippen molar-refractivity contribution in [3.8, 4) is 11.4 Å². The van der Waals surface area contributed by atoms with Crippen molar-refractivity contribution < 1.29 is 4.39 Å². The number of hydrogen-bond acceptors (Lipinski definition) is 2. The Hall–Kier alpha value is -1.42. The van der Waals surface area contributed by atoms with Crippen LogP contribution in [-0.2, 0) is 6.54 Å². The van der Waals surface area contributed by atoms with Gasteiger partial charge in [-0.25, -0.2) is 4.39 Å². The minimum atomic E-state index is -0.428. The SMILES string of the molecule is CCn1cnnc1-c1ccc(F)c(Cl)c1. The molecule has 0 fully saturated rings. The van der Waals surface area contributed by atoms with Gasteiger partial charge in [0.1, 0.15) is 12.1 Å². The molecule has 0 radical (unpaired) electrons. The first kappa shape index (κ1) is 10.1. The Bertz CT molecular complexity index is 481. The van der Waals surface area contributed by atoms with Gasteiger partial charge in [0.25, 0.3) is 0 Å². The highest BCUT2D eigenvalue weighted by Crippen LogP contribution is 2.23. The van der Waals surface area contributed by atoms with Crippen LogP contribution in [0.5, 0.6) is 0 Å². The molecular formula is C10H9ClFN3. The molecule has 15 heavy (non-hydrogen) atoms. The molecule has 1 heterocycles. The summed E-state index contributed by atoms with van der Waals surface area (Å²) in [5.41, 5.74) is 0.765. The summed E-state index contributed by atoms with van der Waals surface area (Å²) in [7, 11) is 0. The monoisotopic (exact) mass is 225 g/mol. The standard InChI is InChI=1S/C10H9ClFN3/c1-2-15-6-13-14-10(15)7-3-4-9(12)8(11)5-7/h3-6H,2H2,1H3. The van der Waals surface area contributed by atoms with Crippen LogP contribution in [-0.4, -0.2) is 14.8 Å². The van der Waals surface area contributed by atoms with Gasteiger partial charge in [0.05, 0.1) is 5.02 Å². The Morgan fingerprint density at radius 2 is 2.27 bits per heavy atom. The third-order valence-corrected chi connectivity index (χ3v) is 2.42. The maximum Gasteiger partial charge on any atom is 0.163 e. The lowest BCUT2D eigenvalue weighted by atomic mass is 10.2. The molecule has 0 aliphatic carbocycles. The number of rotatable bonds is 2. The van der Waals surface area contributed by atoms with Crippen LogP contribution in [0, 0.1) is 5.82 Å². The van der Waals surface area contributed by atoms with Gasteiger partial charge in [-0.3, -0.25) is 0 Å². The van der Waals surface area contributed by atoms with Gasteiger partial charge in [-0.1, -0.05) is 11.6 Å². The fourth-order valence-corrected chi connectivity index (χ4v) is 1.53. The van der Waals surface area contributed by atoms with Gasteiger partial charge < -0.3 is 4.57 Å². The van der Waals surface area contributed by atoms with Crippen LogP contribution in [0.3, 0.4) is 0 Å². The molecule has 0 aliphatic rings. The molecule has 78 valence electrons. The maximum absolute atomic E-state index is 12.9. The van der Waals surface area contributed by atoms with Gasteiger partial charge in [-0.15, -0.1) is 10.2 Å². The van der Waals surface area contributed by atoms with Gasteiger partial charge in [0, 0.05) is 12.1 Å². The Kier molecular flexibility index (Phi) is 2.68. The predicted octanol–water partition coefficient (Wildman–Crippen LogP) is 2.76. The van der Waals surface area contributed by atoms with E-state index in [-0.39, 0.29) is 5.02 Å². The minimum absolute atomic E-state index is 0.0955. The van der Waals surface area contributed by atoms with Crippen LogP contribution in [0.15, 0.2) is 24.5 Å². The first-order chi connectivity index (χ1) is 7.22. The predicted molar refractivity (Wildman–Crippen MR) is 56.1 cm³/mol. The molecule has 0 aliphatic heterocycles. The van der Waals surface area contributed by atoms with E-state index < -0.39 is 5.82 Å². The summed E-state index contributed by atoms with van der Waals surface area (Å²) in [5.74, 6) is 0.266. The molecule has 0 saturated heterocycles. The normalized spacial score (nSPS) is 10.6. The van der Waals surface area contributed by atoms with E-state index in [4.69, 9.17) is 11.6 Å². The molecule has 1 aromatic carbocycles. The van der Waals surface area contributed by atoms with Gasteiger partial charge in [-0.05, 0) is 25.1 Å². The minimum Gasteiger partial charge on any atom is -0.314 e. The van der Waals surface area contributed by atoms with E-state index in [1.165, 1.54) is 6.07 Å². The zero-order valence-electron chi connectivity index (χ0n) is 8.11. The highest BCUT2D eigenvalue weighted by molar-refractivity contribution is 6.31. The van der Waals surface area contributed by atoms with Crippen LogP contribution >= 0.6 is 11.6 Å². The lowest BCUT2D eigenvalue weighted by Gasteiger charge is -2.03. The van der Waals surface area contributed by atoms with Crippen molar-refractivity contribution in [2.24, 2.45) is 0 Å². The second-order valence-electron chi connectivity index (χ2n) is 3.07. The highest BCUT2D eigenvalue weighted by Gasteiger charge is 2.08. The summed E-state index contributed by atoms with van der Waals surface area (Å²) in [6.45, 7) is 2.75. The zero-order valence-corrected chi connectivity index (χ0v) is 8.87. The van der Waals surface area contributed by atoms with Crippen molar-refractivity contribution >= 4 is 11.6 Å². The Balaban J connectivity index is 2.50. The fraction of sp³-hybridized carbons (Fsp3) is 0.200. The van der Waals surface area contributed by atoms with Crippen LogP contribution in [0.1, 0.15) is 6.92 Å². The molecule has 2 aromatic rings. The third-order valence-electron chi connectivity index (χ3n) is 2.13. The van der Waals surface area contributed by atoms with Crippen molar-refractivity contribution in [2.75, 3.05) is 0 Å². The number of halogens is 2. The van der Waals surface area contributed by atoms with Crippen LogP contribution in [0.4, 0.5) is 4.39 Å². The number of aryl methyl sites for hydroxylation is 1. The second-order valence-corrected chi connectivity index (χ2v) is 3.48. The summed E-state index contributed by atoms with van der Waals surface area (Å²) < 4.78 is 14.8. The number of benzene rings is 1. The van der Waals surface area contributed by atoms with E-state index in [0.29, 0.717) is 5.82 Å². The summed E-state index contributed by atoms with van der Waals surface area (Å²) in [6.07, 6.45) is 1.63. The lowest BCUT2D eigenvalue weighted by Crippen LogP contribution is -1.96. The molecular weight excluding hydrogens is 217 g/mol. The molecule has 0 amide bonds. The molecule has 0 bridgehead atoms. The van der Waals surface area contributed by atoms with E-state index in [1.54, 1.807) is 18.5 Å². The maximum atomic E-state index is 12.9. The molecule has 0 spiro atoms. The van der Waals surface area contributed by atoms with E-state index >= 15 is 0 Å². The van der Waals surface area contributed by atoms with E-state index in [2.05, 4.69) is 10.2 Å². The Morgan fingerprint density at radius 3 is 2.93 bits per heavy atom. The van der Waals surface area contributed by atoms with Crippen molar-refractivity contribution in [1.82, 2.24) is 14.8 Å². The summed E-state index contributed by atoms with van der Waals surface area (Å²) in [6, 6.07) is 4.51. The Labute approximate surface area is 91.5 Å². The molecule has 2 rings (SSSR count). The number of nitrogens with zero attached hydrogens (tertiary/aromatic N) is 3. The Morgan fingerprint density at radius 1 is 1.47 bits per heavy atom. The molecule has 1 aromatic heterocycles. The van der Waals surface area contributed by atoms with Crippen LogP contribution < -0.4 is 0 Å². The molecule has 0 saturated carbocycles. The highest BCUT2D eigenvalue weighted by atomic mass is 35.5. The molecule has 0 N–H and O–H groups in total. The third kappa shape index (κ3) is 1.85. The quantitative estimate of drug-likeness (QED) is 0.787. The van der Waals surface area contributed by atoms with Crippen molar-refractivity contribution in [3.63, 3.8) is 0 Å². The molecule has 3 nitrogen and oxygen atoms in total.